The standard InChI is InChI=1S/C26H33N3O5S/c1-18-17-28(26(31)34-22-8-6-5-7-9-22)25-16-21(12-15-24(25)29(18)19(2)30)20-10-13-23(14-11-20)35(32,33)27(3)4/h10-16,18,22H,5-9,17H2,1-4H3. The smallest absolute Gasteiger partial charge is 0.414 e. The van der Waals surface area contributed by atoms with E-state index in [1.165, 1.54) is 31.7 Å². The van der Waals surface area contributed by atoms with Crippen molar-refractivity contribution in [2.24, 2.45) is 0 Å². The van der Waals surface area contributed by atoms with Crippen LogP contribution in [0.1, 0.15) is 46.0 Å². The molecule has 1 aliphatic heterocycles. The van der Waals surface area contributed by atoms with Crippen molar-refractivity contribution >= 4 is 33.4 Å². The average molecular weight is 500 g/mol. The van der Waals surface area contributed by atoms with Gasteiger partial charge in [0, 0.05) is 27.6 Å². The van der Waals surface area contributed by atoms with Gasteiger partial charge in [0.05, 0.1) is 22.3 Å². The Balaban J connectivity index is 1.69. The molecule has 2 aromatic carbocycles. The molecule has 4 rings (SSSR count). The predicted molar refractivity (Wildman–Crippen MR) is 136 cm³/mol. The van der Waals surface area contributed by atoms with E-state index in [0.29, 0.717) is 17.9 Å². The third-order valence-corrected chi connectivity index (χ3v) is 8.59. The Morgan fingerprint density at radius 2 is 1.57 bits per heavy atom. The lowest BCUT2D eigenvalue weighted by atomic mass is 9.98. The molecule has 1 heterocycles. The zero-order valence-corrected chi connectivity index (χ0v) is 21.5. The Morgan fingerprint density at radius 3 is 2.17 bits per heavy atom. The van der Waals surface area contributed by atoms with Gasteiger partial charge in [0.1, 0.15) is 6.10 Å². The van der Waals surface area contributed by atoms with E-state index in [-0.39, 0.29) is 22.9 Å². The molecule has 2 aromatic rings. The number of hydrogen-bond donors (Lipinski definition) is 0. The molecule has 2 aliphatic rings. The van der Waals surface area contributed by atoms with Crippen LogP contribution in [0.2, 0.25) is 0 Å². The molecule has 1 saturated carbocycles. The summed E-state index contributed by atoms with van der Waals surface area (Å²) >= 11 is 0. The Bertz CT molecular complexity index is 1200. The molecule has 0 N–H and O–H groups in total. The fraction of sp³-hybridized carbons (Fsp3) is 0.462. The number of sulfonamides is 1. The summed E-state index contributed by atoms with van der Waals surface area (Å²) in [7, 11) is -0.537. The van der Waals surface area contributed by atoms with Crippen LogP contribution in [0.3, 0.4) is 0 Å². The summed E-state index contributed by atoms with van der Waals surface area (Å²) in [6, 6.07) is 12.0. The Morgan fingerprint density at radius 1 is 0.943 bits per heavy atom. The lowest BCUT2D eigenvalue weighted by molar-refractivity contribution is -0.117. The van der Waals surface area contributed by atoms with Crippen LogP contribution in [-0.2, 0) is 19.6 Å². The van der Waals surface area contributed by atoms with Gasteiger partial charge in [-0.2, -0.15) is 0 Å². The lowest BCUT2D eigenvalue weighted by Gasteiger charge is -2.41. The molecular formula is C26H33N3O5S. The highest BCUT2D eigenvalue weighted by molar-refractivity contribution is 7.89. The molecule has 188 valence electrons. The number of anilines is 2. The summed E-state index contributed by atoms with van der Waals surface area (Å²) in [5.41, 5.74) is 2.89. The van der Waals surface area contributed by atoms with E-state index in [4.69, 9.17) is 4.74 Å². The minimum atomic E-state index is -3.53. The van der Waals surface area contributed by atoms with Crippen molar-refractivity contribution in [2.75, 3.05) is 30.4 Å². The van der Waals surface area contributed by atoms with Gasteiger partial charge in [0.25, 0.3) is 0 Å². The quantitative estimate of drug-likeness (QED) is 0.612. The maximum absolute atomic E-state index is 13.2. The van der Waals surface area contributed by atoms with Gasteiger partial charge in [-0.3, -0.25) is 9.69 Å². The number of carbonyl (C=O) groups excluding carboxylic acids is 2. The van der Waals surface area contributed by atoms with Gasteiger partial charge in [-0.05, 0) is 68.0 Å². The van der Waals surface area contributed by atoms with Gasteiger partial charge in [-0.25, -0.2) is 17.5 Å². The van der Waals surface area contributed by atoms with Crippen molar-refractivity contribution in [3.63, 3.8) is 0 Å². The van der Waals surface area contributed by atoms with Crippen molar-refractivity contribution in [3.05, 3.63) is 42.5 Å². The van der Waals surface area contributed by atoms with Gasteiger partial charge in [0.15, 0.2) is 0 Å². The second-order valence-corrected chi connectivity index (χ2v) is 11.7. The molecule has 0 saturated heterocycles. The van der Waals surface area contributed by atoms with Gasteiger partial charge < -0.3 is 9.64 Å². The van der Waals surface area contributed by atoms with E-state index in [1.54, 1.807) is 34.1 Å². The van der Waals surface area contributed by atoms with Crippen LogP contribution in [0.4, 0.5) is 16.2 Å². The van der Waals surface area contributed by atoms with Crippen LogP contribution in [0.5, 0.6) is 0 Å². The first-order valence-corrected chi connectivity index (χ1v) is 13.5. The van der Waals surface area contributed by atoms with E-state index < -0.39 is 16.1 Å². The average Bonchev–Trinajstić information content (AvgIpc) is 2.83. The summed E-state index contributed by atoms with van der Waals surface area (Å²) in [6.45, 7) is 3.78. The summed E-state index contributed by atoms with van der Waals surface area (Å²) in [6.07, 6.45) is 4.59. The number of benzene rings is 2. The van der Waals surface area contributed by atoms with Gasteiger partial charge in [-0.1, -0.05) is 24.6 Å². The summed E-state index contributed by atoms with van der Waals surface area (Å²) < 4.78 is 31.9. The minimum absolute atomic E-state index is 0.0739. The summed E-state index contributed by atoms with van der Waals surface area (Å²) in [5.74, 6) is -0.0926. The zero-order valence-electron chi connectivity index (χ0n) is 20.7. The molecule has 35 heavy (non-hydrogen) atoms. The van der Waals surface area contributed by atoms with Crippen LogP contribution >= 0.6 is 0 Å². The Kier molecular flexibility index (Phi) is 7.19. The number of hydrogen-bond acceptors (Lipinski definition) is 5. The first-order chi connectivity index (χ1) is 16.6. The van der Waals surface area contributed by atoms with E-state index in [0.717, 1.165) is 36.8 Å². The number of carbonyl (C=O) groups is 2. The molecule has 1 fully saturated rings. The maximum atomic E-state index is 13.2. The lowest BCUT2D eigenvalue weighted by Crippen LogP contribution is -2.52. The second kappa shape index (κ2) is 9.99. The van der Waals surface area contributed by atoms with Crippen LogP contribution in [-0.4, -0.2) is 57.5 Å². The van der Waals surface area contributed by atoms with E-state index in [9.17, 15) is 18.0 Å². The predicted octanol–water partition coefficient (Wildman–Crippen LogP) is 4.63. The molecule has 1 unspecified atom stereocenters. The normalized spacial score (nSPS) is 18.9. The van der Waals surface area contributed by atoms with Crippen molar-refractivity contribution in [2.45, 2.75) is 63.0 Å². The number of amides is 2. The molecule has 1 aliphatic carbocycles. The largest absolute Gasteiger partial charge is 0.446 e. The molecular weight excluding hydrogens is 466 g/mol. The van der Waals surface area contributed by atoms with Crippen molar-refractivity contribution < 1.29 is 22.7 Å². The maximum Gasteiger partial charge on any atom is 0.414 e. The van der Waals surface area contributed by atoms with Crippen molar-refractivity contribution in [1.82, 2.24) is 4.31 Å². The number of fused-ring (bicyclic) bond motifs is 1. The molecule has 1 atom stereocenters. The van der Waals surface area contributed by atoms with Gasteiger partial charge in [-0.15, -0.1) is 0 Å². The van der Waals surface area contributed by atoms with Crippen LogP contribution in [0.25, 0.3) is 11.1 Å². The zero-order chi connectivity index (χ0) is 25.3. The van der Waals surface area contributed by atoms with Crippen LogP contribution in [0.15, 0.2) is 47.4 Å². The highest BCUT2D eigenvalue weighted by atomic mass is 32.2. The monoisotopic (exact) mass is 499 g/mol. The highest BCUT2D eigenvalue weighted by Gasteiger charge is 2.35. The molecule has 0 spiro atoms. The molecule has 2 amide bonds. The molecule has 8 nitrogen and oxygen atoms in total. The van der Waals surface area contributed by atoms with Gasteiger partial charge in [0.2, 0.25) is 15.9 Å². The number of rotatable bonds is 4. The fourth-order valence-electron chi connectivity index (χ4n) is 4.88. The van der Waals surface area contributed by atoms with E-state index >= 15 is 0 Å². The summed E-state index contributed by atoms with van der Waals surface area (Å²) in [5, 5.41) is 0. The third-order valence-electron chi connectivity index (χ3n) is 6.76. The molecule has 9 heteroatoms. The summed E-state index contributed by atoms with van der Waals surface area (Å²) in [4.78, 5) is 29.2. The first kappa shape index (κ1) is 25.2. The van der Waals surface area contributed by atoms with E-state index in [1.807, 2.05) is 25.1 Å². The number of nitrogens with zero attached hydrogens (tertiary/aromatic N) is 3. The molecule has 0 radical (unpaired) electrons. The Hall–Kier alpha value is -2.91. The molecule has 0 aromatic heterocycles. The van der Waals surface area contributed by atoms with Crippen LogP contribution in [0, 0.1) is 0 Å². The fourth-order valence-corrected chi connectivity index (χ4v) is 5.78. The third kappa shape index (κ3) is 5.06. The van der Waals surface area contributed by atoms with Gasteiger partial charge >= 0.3 is 6.09 Å². The highest BCUT2D eigenvalue weighted by Crippen LogP contribution is 2.39. The number of ether oxygens (including phenoxy) is 1. The topological polar surface area (TPSA) is 87.2 Å². The minimum Gasteiger partial charge on any atom is -0.446 e. The SMILES string of the molecule is CC(=O)N1c2ccc(-c3ccc(S(=O)(=O)N(C)C)cc3)cc2N(C(=O)OC2CCCCC2)CC1C. The van der Waals surface area contributed by atoms with Crippen molar-refractivity contribution in [1.29, 1.82) is 0 Å². The Labute approximate surface area is 207 Å². The van der Waals surface area contributed by atoms with Crippen molar-refractivity contribution in [3.8, 4) is 11.1 Å². The van der Waals surface area contributed by atoms with Crippen LogP contribution < -0.4 is 9.80 Å². The second-order valence-electron chi connectivity index (χ2n) is 9.51. The first-order valence-electron chi connectivity index (χ1n) is 12.0. The van der Waals surface area contributed by atoms with E-state index in [2.05, 4.69) is 0 Å². The molecule has 0 bridgehead atoms.